The van der Waals surface area contributed by atoms with Gasteiger partial charge in [-0.2, -0.15) is 5.10 Å². The SMILES string of the molecule is Cc1[nH]ncc1C(=O)Nc1ccc(NS(C)(=O)=O)c(Cl)c1. The molecule has 0 saturated carbocycles. The summed E-state index contributed by atoms with van der Waals surface area (Å²) in [5, 5.41) is 9.27. The van der Waals surface area contributed by atoms with E-state index in [4.69, 9.17) is 11.6 Å². The summed E-state index contributed by atoms with van der Waals surface area (Å²) in [7, 11) is -3.41. The fourth-order valence-electron chi connectivity index (χ4n) is 1.65. The van der Waals surface area contributed by atoms with Gasteiger partial charge in [-0.3, -0.25) is 14.6 Å². The van der Waals surface area contributed by atoms with Crippen LogP contribution < -0.4 is 10.0 Å². The zero-order valence-corrected chi connectivity index (χ0v) is 12.8. The Bertz CT molecular complexity index is 786. The van der Waals surface area contributed by atoms with Crippen molar-refractivity contribution in [2.45, 2.75) is 6.92 Å². The molecule has 0 aliphatic heterocycles. The molecule has 0 spiro atoms. The Labute approximate surface area is 126 Å². The molecular weight excluding hydrogens is 316 g/mol. The minimum absolute atomic E-state index is 0.183. The molecule has 7 nitrogen and oxygen atoms in total. The number of halogens is 1. The summed E-state index contributed by atoms with van der Waals surface area (Å²) in [5.74, 6) is -0.332. The summed E-state index contributed by atoms with van der Waals surface area (Å²) in [4.78, 5) is 12.0. The number of hydrogen-bond acceptors (Lipinski definition) is 4. The van der Waals surface area contributed by atoms with Crippen molar-refractivity contribution in [3.63, 3.8) is 0 Å². The van der Waals surface area contributed by atoms with Gasteiger partial charge >= 0.3 is 0 Å². The number of sulfonamides is 1. The molecule has 1 amide bonds. The predicted octanol–water partition coefficient (Wildman–Crippen LogP) is 2.00. The predicted molar refractivity (Wildman–Crippen MR) is 81.2 cm³/mol. The van der Waals surface area contributed by atoms with Gasteiger partial charge in [0.15, 0.2) is 0 Å². The molecule has 2 aromatic rings. The Hall–Kier alpha value is -2.06. The minimum Gasteiger partial charge on any atom is -0.322 e. The molecule has 0 saturated heterocycles. The summed E-state index contributed by atoms with van der Waals surface area (Å²) < 4.78 is 24.6. The lowest BCUT2D eigenvalue weighted by molar-refractivity contribution is 0.102. The fraction of sp³-hybridized carbons (Fsp3) is 0.167. The second kappa shape index (κ2) is 5.74. The first-order valence-corrected chi connectivity index (χ1v) is 8.12. The summed E-state index contributed by atoms with van der Waals surface area (Å²) in [6.45, 7) is 1.73. The monoisotopic (exact) mass is 328 g/mol. The quantitative estimate of drug-likeness (QED) is 0.798. The minimum atomic E-state index is -3.41. The number of anilines is 2. The van der Waals surface area contributed by atoms with Gasteiger partial charge in [-0.25, -0.2) is 8.42 Å². The number of aromatic amines is 1. The second-order valence-corrected chi connectivity index (χ2v) is 6.59. The first-order valence-electron chi connectivity index (χ1n) is 5.85. The molecule has 112 valence electrons. The summed E-state index contributed by atoms with van der Waals surface area (Å²) in [6, 6.07) is 4.48. The number of carbonyl (C=O) groups is 1. The highest BCUT2D eigenvalue weighted by atomic mass is 35.5. The van der Waals surface area contributed by atoms with Crippen molar-refractivity contribution < 1.29 is 13.2 Å². The lowest BCUT2D eigenvalue weighted by Crippen LogP contribution is -2.13. The average Bonchev–Trinajstić information content (AvgIpc) is 2.77. The third kappa shape index (κ3) is 3.96. The van der Waals surface area contributed by atoms with Gasteiger partial charge in [-0.05, 0) is 25.1 Å². The van der Waals surface area contributed by atoms with Crippen LogP contribution in [0.2, 0.25) is 5.02 Å². The summed E-state index contributed by atoms with van der Waals surface area (Å²) in [5.41, 5.74) is 1.76. The van der Waals surface area contributed by atoms with Crippen molar-refractivity contribution in [1.29, 1.82) is 0 Å². The molecule has 2 rings (SSSR count). The van der Waals surface area contributed by atoms with Crippen LogP contribution in [0.1, 0.15) is 16.1 Å². The van der Waals surface area contributed by atoms with Gasteiger partial charge < -0.3 is 5.32 Å². The van der Waals surface area contributed by atoms with Gasteiger partial charge in [0.1, 0.15) is 0 Å². The van der Waals surface area contributed by atoms with Crippen molar-refractivity contribution in [3.05, 3.63) is 40.7 Å². The van der Waals surface area contributed by atoms with E-state index < -0.39 is 10.0 Å². The number of H-pyrrole nitrogens is 1. The highest BCUT2D eigenvalue weighted by Crippen LogP contribution is 2.26. The Kier molecular flexibility index (Phi) is 4.19. The molecule has 9 heteroatoms. The largest absolute Gasteiger partial charge is 0.322 e. The van der Waals surface area contributed by atoms with E-state index in [2.05, 4.69) is 20.2 Å². The van der Waals surface area contributed by atoms with Crippen molar-refractivity contribution in [2.24, 2.45) is 0 Å². The number of benzene rings is 1. The summed E-state index contributed by atoms with van der Waals surface area (Å²) >= 11 is 5.98. The topological polar surface area (TPSA) is 104 Å². The Morgan fingerprint density at radius 2 is 2.10 bits per heavy atom. The van der Waals surface area contributed by atoms with Crippen LogP contribution in [0.25, 0.3) is 0 Å². The lowest BCUT2D eigenvalue weighted by Gasteiger charge is -2.09. The number of hydrogen-bond donors (Lipinski definition) is 3. The molecule has 1 aromatic carbocycles. The maximum atomic E-state index is 12.0. The van der Waals surface area contributed by atoms with Crippen molar-refractivity contribution in [3.8, 4) is 0 Å². The van der Waals surface area contributed by atoms with E-state index in [1.54, 1.807) is 13.0 Å². The van der Waals surface area contributed by atoms with E-state index in [-0.39, 0.29) is 16.6 Å². The number of carbonyl (C=O) groups excluding carboxylic acids is 1. The molecule has 0 aliphatic rings. The maximum Gasteiger partial charge on any atom is 0.259 e. The number of amides is 1. The molecule has 0 aliphatic carbocycles. The number of nitrogens with one attached hydrogen (secondary N) is 3. The molecule has 0 radical (unpaired) electrons. The van der Waals surface area contributed by atoms with Crippen molar-refractivity contribution in [2.75, 3.05) is 16.3 Å². The molecule has 3 N–H and O–H groups in total. The lowest BCUT2D eigenvalue weighted by atomic mass is 10.2. The molecule has 1 heterocycles. The van der Waals surface area contributed by atoms with Crippen LogP contribution in [0.4, 0.5) is 11.4 Å². The van der Waals surface area contributed by atoms with Crippen LogP contribution in [0.5, 0.6) is 0 Å². The number of nitrogens with zero attached hydrogens (tertiary/aromatic N) is 1. The van der Waals surface area contributed by atoms with Gasteiger partial charge in [-0.15, -0.1) is 0 Å². The second-order valence-electron chi connectivity index (χ2n) is 4.43. The van der Waals surface area contributed by atoms with Crippen LogP contribution >= 0.6 is 11.6 Å². The Morgan fingerprint density at radius 1 is 1.38 bits per heavy atom. The Balaban J connectivity index is 2.18. The van der Waals surface area contributed by atoms with Crippen LogP contribution in [-0.4, -0.2) is 30.8 Å². The molecule has 1 aromatic heterocycles. The van der Waals surface area contributed by atoms with Gasteiger partial charge in [0.05, 0.1) is 28.7 Å². The van der Waals surface area contributed by atoms with Crippen LogP contribution in [0, 0.1) is 6.92 Å². The van der Waals surface area contributed by atoms with E-state index >= 15 is 0 Å². The zero-order valence-electron chi connectivity index (χ0n) is 11.3. The molecule has 0 atom stereocenters. The van der Waals surface area contributed by atoms with Crippen molar-refractivity contribution in [1.82, 2.24) is 10.2 Å². The first kappa shape index (κ1) is 15.3. The van der Waals surface area contributed by atoms with E-state index in [0.717, 1.165) is 6.26 Å². The zero-order chi connectivity index (χ0) is 15.6. The number of aryl methyl sites for hydroxylation is 1. The molecule has 0 bridgehead atoms. The third-order valence-corrected chi connectivity index (χ3v) is 3.50. The molecule has 0 unspecified atom stereocenters. The van der Waals surface area contributed by atoms with Crippen LogP contribution in [0.15, 0.2) is 24.4 Å². The van der Waals surface area contributed by atoms with E-state index in [1.165, 1.54) is 18.3 Å². The highest BCUT2D eigenvalue weighted by molar-refractivity contribution is 7.92. The smallest absolute Gasteiger partial charge is 0.259 e. The van der Waals surface area contributed by atoms with Gasteiger partial charge in [0.2, 0.25) is 10.0 Å². The molecular formula is C12H13ClN4O3S. The fourth-order valence-corrected chi connectivity index (χ4v) is 2.51. The van der Waals surface area contributed by atoms with Gasteiger partial charge in [-0.1, -0.05) is 11.6 Å². The van der Waals surface area contributed by atoms with Gasteiger partial charge in [0.25, 0.3) is 5.91 Å². The van der Waals surface area contributed by atoms with E-state index in [0.29, 0.717) is 16.9 Å². The van der Waals surface area contributed by atoms with Crippen molar-refractivity contribution >= 4 is 38.9 Å². The standard InChI is InChI=1S/C12H13ClN4O3S/c1-7-9(6-14-16-7)12(18)15-8-3-4-11(10(13)5-8)17-21(2,19)20/h3-6,17H,1-2H3,(H,14,16)(H,15,18). The van der Waals surface area contributed by atoms with E-state index in [1.807, 2.05) is 0 Å². The normalized spacial score (nSPS) is 11.2. The van der Waals surface area contributed by atoms with Crippen LogP contribution in [-0.2, 0) is 10.0 Å². The first-order chi connectivity index (χ1) is 9.76. The van der Waals surface area contributed by atoms with Gasteiger partial charge in [0, 0.05) is 11.4 Å². The molecule has 0 fully saturated rings. The maximum absolute atomic E-state index is 12.0. The highest BCUT2D eigenvalue weighted by Gasteiger charge is 2.12. The average molecular weight is 329 g/mol. The number of aromatic nitrogens is 2. The Morgan fingerprint density at radius 3 is 2.62 bits per heavy atom. The third-order valence-electron chi connectivity index (χ3n) is 2.60. The number of rotatable bonds is 4. The van der Waals surface area contributed by atoms with E-state index in [9.17, 15) is 13.2 Å². The van der Waals surface area contributed by atoms with Crippen LogP contribution in [0.3, 0.4) is 0 Å². The summed E-state index contributed by atoms with van der Waals surface area (Å²) in [6.07, 6.45) is 2.45. The molecule has 21 heavy (non-hydrogen) atoms.